The SMILES string of the molecule is CC(CN)Nc1cc(Cl)ccc1F. The van der Waals surface area contributed by atoms with Gasteiger partial charge in [-0.2, -0.15) is 0 Å². The molecule has 1 unspecified atom stereocenters. The maximum absolute atomic E-state index is 13.1. The van der Waals surface area contributed by atoms with Crippen molar-refractivity contribution < 1.29 is 4.39 Å². The Morgan fingerprint density at radius 3 is 2.92 bits per heavy atom. The molecule has 2 nitrogen and oxygen atoms in total. The van der Waals surface area contributed by atoms with E-state index in [-0.39, 0.29) is 11.9 Å². The molecule has 0 saturated heterocycles. The molecule has 0 bridgehead atoms. The summed E-state index contributed by atoms with van der Waals surface area (Å²) < 4.78 is 13.1. The molecular weight excluding hydrogens is 191 g/mol. The maximum Gasteiger partial charge on any atom is 0.146 e. The van der Waals surface area contributed by atoms with Gasteiger partial charge in [0.2, 0.25) is 0 Å². The lowest BCUT2D eigenvalue weighted by molar-refractivity contribution is 0.626. The Kier molecular flexibility index (Phi) is 3.51. The van der Waals surface area contributed by atoms with Crippen LogP contribution in [0, 0.1) is 5.82 Å². The van der Waals surface area contributed by atoms with Gasteiger partial charge in [0.25, 0.3) is 0 Å². The van der Waals surface area contributed by atoms with Crippen molar-refractivity contribution in [3.8, 4) is 0 Å². The third kappa shape index (κ3) is 2.86. The van der Waals surface area contributed by atoms with Crippen LogP contribution in [0.5, 0.6) is 0 Å². The van der Waals surface area contributed by atoms with Crippen LogP contribution in [0.15, 0.2) is 18.2 Å². The third-order valence-corrected chi connectivity index (χ3v) is 1.92. The highest BCUT2D eigenvalue weighted by Gasteiger charge is 2.04. The van der Waals surface area contributed by atoms with Gasteiger partial charge in [-0.25, -0.2) is 4.39 Å². The summed E-state index contributed by atoms with van der Waals surface area (Å²) in [6, 6.07) is 4.42. The summed E-state index contributed by atoms with van der Waals surface area (Å²) in [5, 5.41) is 3.42. The van der Waals surface area contributed by atoms with Crippen molar-refractivity contribution in [3.63, 3.8) is 0 Å². The van der Waals surface area contributed by atoms with Gasteiger partial charge in [-0.3, -0.25) is 0 Å². The number of nitrogens with two attached hydrogens (primary N) is 1. The fourth-order valence-corrected chi connectivity index (χ4v) is 1.10. The van der Waals surface area contributed by atoms with Crippen LogP contribution < -0.4 is 11.1 Å². The Bertz CT molecular complexity index is 291. The molecule has 0 amide bonds. The molecule has 0 spiro atoms. The lowest BCUT2D eigenvalue weighted by Crippen LogP contribution is -2.25. The van der Waals surface area contributed by atoms with Crippen molar-refractivity contribution in [3.05, 3.63) is 29.0 Å². The van der Waals surface area contributed by atoms with Crippen molar-refractivity contribution in [1.29, 1.82) is 0 Å². The molecule has 1 atom stereocenters. The average molecular weight is 203 g/mol. The van der Waals surface area contributed by atoms with Crippen LogP contribution in [0.2, 0.25) is 5.02 Å². The third-order valence-electron chi connectivity index (χ3n) is 1.68. The summed E-state index contributed by atoms with van der Waals surface area (Å²) in [5.41, 5.74) is 5.78. The summed E-state index contributed by atoms with van der Waals surface area (Å²) in [6.45, 7) is 2.33. The van der Waals surface area contributed by atoms with Crippen molar-refractivity contribution in [2.75, 3.05) is 11.9 Å². The second-order valence-corrected chi connectivity index (χ2v) is 3.34. The largest absolute Gasteiger partial charge is 0.379 e. The molecule has 13 heavy (non-hydrogen) atoms. The highest BCUT2D eigenvalue weighted by atomic mass is 35.5. The van der Waals surface area contributed by atoms with E-state index in [0.717, 1.165) is 0 Å². The second kappa shape index (κ2) is 4.44. The Labute approximate surface area is 81.9 Å². The van der Waals surface area contributed by atoms with Crippen LogP contribution >= 0.6 is 11.6 Å². The Morgan fingerprint density at radius 2 is 2.31 bits per heavy atom. The van der Waals surface area contributed by atoms with E-state index in [0.29, 0.717) is 17.3 Å². The standard InChI is InChI=1S/C9H12ClFN2/c1-6(5-12)13-9-4-7(10)2-3-8(9)11/h2-4,6,13H,5,12H2,1H3. The first kappa shape index (κ1) is 10.3. The normalized spacial score (nSPS) is 12.6. The van der Waals surface area contributed by atoms with Crippen molar-refractivity contribution in [2.45, 2.75) is 13.0 Å². The van der Waals surface area contributed by atoms with E-state index in [1.807, 2.05) is 6.92 Å². The van der Waals surface area contributed by atoms with Crippen LogP contribution in [0.4, 0.5) is 10.1 Å². The van der Waals surface area contributed by atoms with Crippen LogP contribution in [-0.2, 0) is 0 Å². The van der Waals surface area contributed by atoms with E-state index in [9.17, 15) is 4.39 Å². The predicted octanol–water partition coefficient (Wildman–Crippen LogP) is 2.24. The van der Waals surface area contributed by atoms with Gasteiger partial charge in [-0.15, -0.1) is 0 Å². The fourth-order valence-electron chi connectivity index (χ4n) is 0.932. The van der Waals surface area contributed by atoms with Crippen LogP contribution in [0.3, 0.4) is 0 Å². The van der Waals surface area contributed by atoms with Crippen LogP contribution in [0.1, 0.15) is 6.92 Å². The van der Waals surface area contributed by atoms with E-state index in [1.54, 1.807) is 6.07 Å². The van der Waals surface area contributed by atoms with Crippen molar-refractivity contribution in [1.82, 2.24) is 0 Å². The summed E-state index contributed by atoms with van der Waals surface area (Å²) in [5.74, 6) is -0.315. The smallest absolute Gasteiger partial charge is 0.146 e. The number of hydrogen-bond donors (Lipinski definition) is 2. The van der Waals surface area contributed by atoms with E-state index < -0.39 is 0 Å². The van der Waals surface area contributed by atoms with Gasteiger partial charge < -0.3 is 11.1 Å². The zero-order chi connectivity index (χ0) is 9.84. The molecular formula is C9H12ClFN2. The summed E-state index contributed by atoms with van der Waals surface area (Å²) in [4.78, 5) is 0. The minimum absolute atomic E-state index is 0.0352. The van der Waals surface area contributed by atoms with Gasteiger partial charge in [0.15, 0.2) is 0 Å². The average Bonchev–Trinajstić information content (AvgIpc) is 2.11. The number of nitrogens with one attached hydrogen (secondary N) is 1. The molecule has 0 aliphatic rings. The molecule has 4 heteroatoms. The molecule has 0 radical (unpaired) electrons. The molecule has 1 aromatic rings. The topological polar surface area (TPSA) is 38.0 Å². The van der Waals surface area contributed by atoms with Gasteiger partial charge in [-0.1, -0.05) is 11.6 Å². The van der Waals surface area contributed by atoms with E-state index in [1.165, 1.54) is 12.1 Å². The Hall–Kier alpha value is -0.800. The molecule has 72 valence electrons. The number of rotatable bonds is 3. The predicted molar refractivity (Wildman–Crippen MR) is 53.5 cm³/mol. The number of benzene rings is 1. The monoisotopic (exact) mass is 202 g/mol. The zero-order valence-electron chi connectivity index (χ0n) is 7.35. The number of halogens is 2. The van der Waals surface area contributed by atoms with E-state index in [2.05, 4.69) is 5.32 Å². The highest BCUT2D eigenvalue weighted by molar-refractivity contribution is 6.30. The number of anilines is 1. The maximum atomic E-state index is 13.1. The molecule has 0 aliphatic carbocycles. The van der Waals surface area contributed by atoms with Crippen molar-refractivity contribution >= 4 is 17.3 Å². The molecule has 0 aromatic heterocycles. The quantitative estimate of drug-likeness (QED) is 0.789. The second-order valence-electron chi connectivity index (χ2n) is 2.91. The molecule has 1 aromatic carbocycles. The summed E-state index contributed by atoms with van der Waals surface area (Å²) in [6.07, 6.45) is 0. The summed E-state index contributed by atoms with van der Waals surface area (Å²) >= 11 is 5.71. The van der Waals surface area contributed by atoms with Gasteiger partial charge in [0.1, 0.15) is 5.82 Å². The van der Waals surface area contributed by atoms with Gasteiger partial charge >= 0.3 is 0 Å². The fraction of sp³-hybridized carbons (Fsp3) is 0.333. The number of hydrogen-bond acceptors (Lipinski definition) is 2. The van der Waals surface area contributed by atoms with Crippen LogP contribution in [-0.4, -0.2) is 12.6 Å². The van der Waals surface area contributed by atoms with E-state index in [4.69, 9.17) is 17.3 Å². The minimum atomic E-state index is -0.315. The van der Waals surface area contributed by atoms with E-state index >= 15 is 0 Å². The van der Waals surface area contributed by atoms with Gasteiger partial charge in [-0.05, 0) is 25.1 Å². The van der Waals surface area contributed by atoms with Gasteiger partial charge in [0, 0.05) is 17.6 Å². The van der Waals surface area contributed by atoms with Crippen molar-refractivity contribution in [2.24, 2.45) is 5.73 Å². The first-order valence-electron chi connectivity index (χ1n) is 4.05. The molecule has 3 N–H and O–H groups in total. The highest BCUT2D eigenvalue weighted by Crippen LogP contribution is 2.19. The zero-order valence-corrected chi connectivity index (χ0v) is 8.11. The lowest BCUT2D eigenvalue weighted by Gasteiger charge is -2.13. The molecule has 1 rings (SSSR count). The molecule has 0 heterocycles. The molecule has 0 saturated carbocycles. The summed E-state index contributed by atoms with van der Waals surface area (Å²) in [7, 11) is 0. The van der Waals surface area contributed by atoms with Crippen LogP contribution in [0.25, 0.3) is 0 Å². The Balaban J connectivity index is 2.81. The minimum Gasteiger partial charge on any atom is -0.379 e. The lowest BCUT2D eigenvalue weighted by atomic mass is 10.2. The van der Waals surface area contributed by atoms with Gasteiger partial charge in [0.05, 0.1) is 5.69 Å². The first-order valence-corrected chi connectivity index (χ1v) is 4.43. The molecule has 0 fully saturated rings. The first-order chi connectivity index (χ1) is 6.13. The Morgan fingerprint density at radius 1 is 1.62 bits per heavy atom. The molecule has 0 aliphatic heterocycles.